The zero-order valence-electron chi connectivity index (χ0n) is 16.2. The number of alkyl halides is 1. The average Bonchev–Trinajstić information content (AvgIpc) is 3.38. The summed E-state index contributed by atoms with van der Waals surface area (Å²) >= 11 is 8.53. The maximum Gasteiger partial charge on any atom is 0.352 e. The first-order valence-corrected chi connectivity index (χ1v) is 11.9. The number of nitrogens with two attached hydrogens (primary N) is 1. The van der Waals surface area contributed by atoms with Crippen molar-refractivity contribution in [3.05, 3.63) is 22.3 Å². The number of anilines is 1. The van der Waals surface area contributed by atoms with Crippen molar-refractivity contribution < 1.29 is 24.3 Å². The number of β-lactam (4-membered cyclic amide) rings is 1. The van der Waals surface area contributed by atoms with Gasteiger partial charge in [0.15, 0.2) is 10.0 Å². The lowest BCUT2D eigenvalue weighted by molar-refractivity contribution is -0.146. The fraction of sp³-hybridized carbons (Fsp3) is 0.500. The molecule has 1 aromatic heterocycles. The van der Waals surface area contributed by atoms with Crippen molar-refractivity contribution >= 4 is 63.8 Å². The summed E-state index contributed by atoms with van der Waals surface area (Å²) in [5.74, 6) is -2.49. The van der Waals surface area contributed by atoms with E-state index >= 15 is 0 Å². The van der Waals surface area contributed by atoms with Crippen LogP contribution in [0.3, 0.4) is 0 Å². The van der Waals surface area contributed by atoms with E-state index in [0.717, 1.165) is 43.2 Å². The zero-order chi connectivity index (χ0) is 22.2. The molecule has 0 aromatic carbocycles. The number of rotatable bonds is 7. The smallest absolute Gasteiger partial charge is 0.352 e. The van der Waals surface area contributed by atoms with Crippen LogP contribution in [0.2, 0.25) is 0 Å². The van der Waals surface area contributed by atoms with Crippen molar-refractivity contribution in [3.8, 4) is 0 Å². The van der Waals surface area contributed by atoms with E-state index in [1.807, 2.05) is 0 Å². The van der Waals surface area contributed by atoms with Crippen LogP contribution in [-0.2, 0) is 24.1 Å². The maximum atomic E-state index is 12.8. The second-order valence-electron chi connectivity index (χ2n) is 7.29. The van der Waals surface area contributed by atoms with Crippen molar-refractivity contribution in [2.24, 2.45) is 5.16 Å². The predicted molar refractivity (Wildman–Crippen MR) is 116 cm³/mol. The number of nitrogen functional groups attached to an aromatic ring is 1. The van der Waals surface area contributed by atoms with Crippen molar-refractivity contribution in [3.63, 3.8) is 0 Å². The fourth-order valence-electron chi connectivity index (χ4n) is 3.92. The summed E-state index contributed by atoms with van der Waals surface area (Å²) in [6.07, 6.45) is 5.05. The molecule has 13 heteroatoms. The van der Waals surface area contributed by atoms with Crippen molar-refractivity contribution in [1.82, 2.24) is 15.2 Å². The normalized spacial score (nSPS) is 26.2. The molecule has 1 unspecified atom stereocenters. The zero-order valence-corrected chi connectivity index (χ0v) is 18.6. The van der Waals surface area contributed by atoms with Gasteiger partial charge in [0.2, 0.25) is 5.91 Å². The molecule has 4 N–H and O–H groups in total. The molecule has 0 radical (unpaired) electrons. The van der Waals surface area contributed by atoms with Gasteiger partial charge in [0.25, 0.3) is 5.91 Å². The SMILES string of the molecule is Nc1nc(C2(NC(=O)/C=N\OC3CCCC3)S[C@@H]3CC(=O)N3C(C(=O)O)=C2CCl)cs1. The van der Waals surface area contributed by atoms with Crippen LogP contribution >= 0.6 is 34.7 Å². The lowest BCUT2D eigenvalue weighted by Crippen LogP contribution is -2.61. The summed E-state index contributed by atoms with van der Waals surface area (Å²) in [6.45, 7) is 0. The Morgan fingerprint density at radius 1 is 1.48 bits per heavy atom. The molecule has 2 fully saturated rings. The van der Waals surface area contributed by atoms with E-state index < -0.39 is 22.1 Å². The van der Waals surface area contributed by atoms with Gasteiger partial charge in [-0.25, -0.2) is 9.78 Å². The van der Waals surface area contributed by atoms with Crippen LogP contribution in [0.15, 0.2) is 21.8 Å². The molecule has 3 aliphatic rings. The number of aromatic nitrogens is 1. The van der Waals surface area contributed by atoms with E-state index in [1.165, 1.54) is 16.7 Å². The predicted octanol–water partition coefficient (Wildman–Crippen LogP) is 1.82. The Hall–Kier alpha value is -2.31. The third-order valence-electron chi connectivity index (χ3n) is 5.37. The number of carbonyl (C=O) groups is 3. The minimum absolute atomic E-state index is 0.00753. The first kappa shape index (κ1) is 21.9. The minimum atomic E-state index is -1.41. The Morgan fingerprint density at radius 2 is 2.23 bits per heavy atom. The molecule has 166 valence electrons. The molecule has 0 bridgehead atoms. The number of thiazole rings is 1. The van der Waals surface area contributed by atoms with E-state index in [2.05, 4.69) is 15.5 Å². The largest absolute Gasteiger partial charge is 0.477 e. The van der Waals surface area contributed by atoms with Crippen LogP contribution in [0.4, 0.5) is 5.13 Å². The third-order valence-corrected chi connectivity index (χ3v) is 7.87. The Bertz CT molecular complexity index is 976. The Balaban J connectivity index is 1.70. The number of amides is 2. The molecule has 10 nitrogen and oxygen atoms in total. The molecule has 3 heterocycles. The fourth-order valence-corrected chi connectivity index (χ4v) is 6.68. The molecular weight excluding hydrogens is 466 g/mol. The topological polar surface area (TPSA) is 147 Å². The van der Waals surface area contributed by atoms with Crippen LogP contribution in [-0.4, -0.2) is 56.3 Å². The maximum absolute atomic E-state index is 12.8. The lowest BCUT2D eigenvalue weighted by atomic mass is 9.98. The number of carbonyl (C=O) groups excluding carboxylic acids is 2. The highest BCUT2D eigenvalue weighted by Crippen LogP contribution is 2.54. The number of halogens is 1. The van der Waals surface area contributed by atoms with Gasteiger partial charge in [-0.05, 0) is 25.7 Å². The highest BCUT2D eigenvalue weighted by molar-refractivity contribution is 8.01. The Kier molecular flexibility index (Phi) is 6.13. The van der Waals surface area contributed by atoms with Gasteiger partial charge in [0, 0.05) is 16.8 Å². The molecule has 2 atom stereocenters. The summed E-state index contributed by atoms with van der Waals surface area (Å²) in [7, 11) is 0. The molecule has 1 aromatic rings. The molecule has 1 aliphatic carbocycles. The van der Waals surface area contributed by atoms with E-state index in [0.29, 0.717) is 5.69 Å². The minimum Gasteiger partial charge on any atom is -0.477 e. The van der Waals surface area contributed by atoms with Crippen molar-refractivity contribution in [2.45, 2.75) is 48.5 Å². The van der Waals surface area contributed by atoms with Gasteiger partial charge in [-0.15, -0.1) is 22.9 Å². The molecule has 0 spiro atoms. The number of carboxylic acid groups (broad SMARTS) is 1. The van der Waals surface area contributed by atoms with E-state index in [4.69, 9.17) is 22.2 Å². The summed E-state index contributed by atoms with van der Waals surface area (Å²) in [5, 5.41) is 17.8. The summed E-state index contributed by atoms with van der Waals surface area (Å²) in [6, 6.07) is 0. The number of aliphatic carboxylic acids is 1. The monoisotopic (exact) mass is 485 g/mol. The van der Waals surface area contributed by atoms with Gasteiger partial charge in [-0.2, -0.15) is 0 Å². The molecule has 31 heavy (non-hydrogen) atoms. The number of carboxylic acids is 1. The van der Waals surface area contributed by atoms with Gasteiger partial charge in [0.1, 0.15) is 18.0 Å². The average molecular weight is 486 g/mol. The number of oxime groups is 1. The number of hydrogen-bond donors (Lipinski definition) is 3. The lowest BCUT2D eigenvalue weighted by Gasteiger charge is -2.51. The van der Waals surface area contributed by atoms with E-state index in [-0.39, 0.29) is 40.7 Å². The van der Waals surface area contributed by atoms with Gasteiger partial charge >= 0.3 is 5.97 Å². The van der Waals surface area contributed by atoms with Gasteiger partial charge < -0.3 is 21.0 Å². The van der Waals surface area contributed by atoms with Crippen LogP contribution in [0.5, 0.6) is 0 Å². The molecule has 1 saturated heterocycles. The van der Waals surface area contributed by atoms with Crippen molar-refractivity contribution in [1.29, 1.82) is 0 Å². The Morgan fingerprint density at radius 3 is 2.81 bits per heavy atom. The number of fused-ring (bicyclic) bond motifs is 1. The summed E-state index contributed by atoms with van der Waals surface area (Å²) in [4.78, 5) is 46.4. The number of nitrogens with zero attached hydrogens (tertiary/aromatic N) is 3. The van der Waals surface area contributed by atoms with E-state index in [1.54, 1.807) is 5.38 Å². The number of thioether (sulfide) groups is 1. The van der Waals surface area contributed by atoms with E-state index in [9.17, 15) is 19.5 Å². The first-order chi connectivity index (χ1) is 14.9. The van der Waals surface area contributed by atoms with Crippen LogP contribution < -0.4 is 11.1 Å². The molecule has 2 amide bonds. The summed E-state index contributed by atoms with van der Waals surface area (Å²) in [5.41, 5.74) is 6.04. The number of hydrogen-bond acceptors (Lipinski definition) is 9. The van der Waals surface area contributed by atoms with Crippen molar-refractivity contribution in [2.75, 3.05) is 11.6 Å². The van der Waals surface area contributed by atoms with Crippen LogP contribution in [0, 0.1) is 0 Å². The highest BCUT2D eigenvalue weighted by Gasteiger charge is 2.56. The molecule has 2 aliphatic heterocycles. The second kappa shape index (κ2) is 8.67. The van der Waals surface area contributed by atoms with Crippen LogP contribution in [0.25, 0.3) is 0 Å². The third kappa shape index (κ3) is 3.99. The standard InChI is InChI=1S/C18H20ClN5O5S2/c19-6-10-15(16(27)28)24-13(26)5-14(24)31-18(10,11-8-30-17(20)22-11)23-12(25)7-21-29-9-3-1-2-4-9/h7-9,14H,1-6H2,(H2,20,22)(H,23,25)(H,27,28)/b21-7-/t14-,18?/m1/s1. The molecule has 1 saturated carbocycles. The highest BCUT2D eigenvalue weighted by atomic mass is 35.5. The quantitative estimate of drug-likeness (QED) is 0.229. The Labute approximate surface area is 190 Å². The second-order valence-corrected chi connectivity index (χ2v) is 9.84. The first-order valence-electron chi connectivity index (χ1n) is 9.61. The summed E-state index contributed by atoms with van der Waals surface area (Å²) < 4.78 is 0. The van der Waals surface area contributed by atoms with Gasteiger partial charge in [-0.3, -0.25) is 14.5 Å². The van der Waals surface area contributed by atoms with Gasteiger partial charge in [0.05, 0.1) is 17.5 Å². The molecular formula is C18H20ClN5O5S2. The molecule has 4 rings (SSSR count). The number of nitrogens with one attached hydrogen (secondary N) is 1. The van der Waals surface area contributed by atoms with Gasteiger partial charge in [-0.1, -0.05) is 16.9 Å². The van der Waals surface area contributed by atoms with Crippen LogP contribution in [0.1, 0.15) is 37.8 Å².